The van der Waals surface area contributed by atoms with Crippen LogP contribution in [-0.4, -0.2) is 11.2 Å². The van der Waals surface area contributed by atoms with Crippen molar-refractivity contribution in [2.75, 3.05) is 0 Å². The standard InChI is InChI=1S/C52H58O2P2/c1-33-13-10-16-44(32-42-14-11-17-49(51(42)53)55(45-24-34(2)19-35(3)25-45)46-26-36(4)20-37(5)27-46)54-52-43(23-33)15-12-18-50(52)56(47-28-38(6)21-39(7)29-47)48-30-40(8)22-41(9)31-48/h11-12,14-15,17-22,24-31,33,44,53H,10,13,16,23,32H2,1-9H3/t33?,44-/m1/s1. The minimum Gasteiger partial charge on any atom is -0.507 e. The van der Waals surface area contributed by atoms with Crippen LogP contribution < -0.4 is 36.6 Å². The SMILES string of the molecule is Cc1cc(C)cc(P(c2cc(C)cc(C)c2)c2cccc(C[C@H]3CCCC(C)Cc4cccc(P(c5cc(C)cc(C)c5)c5cc(C)cc(C)c5)c4O3)c2O)c1. The molecule has 0 saturated heterocycles. The van der Waals surface area contributed by atoms with Gasteiger partial charge in [0.15, 0.2) is 0 Å². The molecule has 0 bridgehead atoms. The maximum atomic E-state index is 12.4. The molecule has 6 aromatic carbocycles. The van der Waals surface area contributed by atoms with Gasteiger partial charge in [-0.3, -0.25) is 0 Å². The maximum absolute atomic E-state index is 12.4. The number of benzene rings is 6. The summed E-state index contributed by atoms with van der Waals surface area (Å²) in [5.41, 5.74) is 12.4. The van der Waals surface area contributed by atoms with E-state index in [1.807, 2.05) is 0 Å². The molecule has 1 aliphatic rings. The molecule has 7 rings (SSSR count). The van der Waals surface area contributed by atoms with Crippen molar-refractivity contribution in [1.82, 2.24) is 0 Å². The average Bonchev–Trinajstić information content (AvgIpc) is 3.17. The molecule has 0 aromatic heterocycles. The fourth-order valence-corrected chi connectivity index (χ4v) is 14.5. The third kappa shape index (κ3) is 9.15. The van der Waals surface area contributed by atoms with Crippen LogP contribution >= 0.6 is 15.8 Å². The topological polar surface area (TPSA) is 29.5 Å². The minimum absolute atomic E-state index is 0.0784. The lowest BCUT2D eigenvalue weighted by Crippen LogP contribution is -2.28. The summed E-state index contributed by atoms with van der Waals surface area (Å²) in [5.74, 6) is 2.02. The number of aryl methyl sites for hydroxylation is 8. The van der Waals surface area contributed by atoms with Crippen molar-refractivity contribution in [2.45, 2.75) is 101 Å². The molecule has 6 aromatic rings. The van der Waals surface area contributed by atoms with Crippen molar-refractivity contribution < 1.29 is 9.84 Å². The lowest BCUT2D eigenvalue weighted by molar-refractivity contribution is 0.188. The van der Waals surface area contributed by atoms with E-state index in [-0.39, 0.29) is 6.10 Å². The Morgan fingerprint density at radius 2 is 0.946 bits per heavy atom. The van der Waals surface area contributed by atoms with Crippen LogP contribution in [0.2, 0.25) is 0 Å². The first kappa shape index (κ1) is 40.0. The van der Waals surface area contributed by atoms with E-state index in [4.69, 9.17) is 4.74 Å². The van der Waals surface area contributed by atoms with Gasteiger partial charge in [-0.1, -0.05) is 167 Å². The number of hydrogen-bond donors (Lipinski definition) is 1. The van der Waals surface area contributed by atoms with Gasteiger partial charge in [-0.2, -0.15) is 0 Å². The van der Waals surface area contributed by atoms with Crippen molar-refractivity contribution in [3.05, 3.63) is 165 Å². The second-order valence-electron chi connectivity index (χ2n) is 16.8. The molecule has 0 fully saturated rings. The highest BCUT2D eigenvalue weighted by Gasteiger charge is 2.29. The summed E-state index contributed by atoms with van der Waals surface area (Å²) >= 11 is 0. The Hall–Kier alpha value is -4.22. The number of phenols is 1. The second-order valence-corrected chi connectivity index (χ2v) is 21.2. The Morgan fingerprint density at radius 1 is 0.536 bits per heavy atom. The molecule has 0 amide bonds. The number of hydrogen-bond acceptors (Lipinski definition) is 2. The van der Waals surface area contributed by atoms with Crippen LogP contribution in [0.25, 0.3) is 0 Å². The summed E-state index contributed by atoms with van der Waals surface area (Å²) in [6, 6.07) is 41.2. The number of aromatic hydroxyl groups is 1. The Balaban J connectivity index is 1.33. The van der Waals surface area contributed by atoms with Crippen LogP contribution in [0.15, 0.2) is 109 Å². The van der Waals surface area contributed by atoms with E-state index >= 15 is 0 Å². The second kappa shape index (κ2) is 17.1. The smallest absolute Gasteiger partial charge is 0.131 e. The molecule has 56 heavy (non-hydrogen) atoms. The summed E-state index contributed by atoms with van der Waals surface area (Å²) in [7, 11) is -1.90. The Bertz CT molecular complexity index is 2190. The van der Waals surface area contributed by atoms with Gasteiger partial charge in [0, 0.05) is 17.0 Å². The zero-order valence-electron chi connectivity index (χ0n) is 34.8. The fraction of sp³-hybridized carbons (Fsp3) is 0.308. The third-order valence-corrected chi connectivity index (χ3v) is 15.8. The van der Waals surface area contributed by atoms with Crippen LogP contribution in [0.1, 0.15) is 81.8 Å². The fourth-order valence-electron chi connectivity index (χ4n) is 8.93. The van der Waals surface area contributed by atoms with E-state index in [9.17, 15) is 5.11 Å². The molecule has 1 N–H and O–H groups in total. The number of rotatable bonds is 8. The molecular formula is C52H58O2P2. The van der Waals surface area contributed by atoms with Crippen LogP contribution in [0.3, 0.4) is 0 Å². The first-order valence-electron chi connectivity index (χ1n) is 20.3. The molecule has 0 aliphatic carbocycles. The molecule has 0 saturated carbocycles. The third-order valence-electron chi connectivity index (χ3n) is 11.0. The van der Waals surface area contributed by atoms with E-state index in [1.54, 1.807) is 0 Å². The number of phenolic OH excluding ortho intramolecular Hbond substituents is 1. The molecule has 2 nitrogen and oxygen atoms in total. The van der Waals surface area contributed by atoms with E-state index in [0.29, 0.717) is 18.1 Å². The molecule has 1 heterocycles. The summed E-state index contributed by atoms with van der Waals surface area (Å²) in [6.45, 7) is 20.0. The van der Waals surface area contributed by atoms with Gasteiger partial charge < -0.3 is 9.84 Å². The van der Waals surface area contributed by atoms with E-state index in [2.05, 4.69) is 172 Å². The number of ether oxygens (including phenoxy) is 1. The van der Waals surface area contributed by atoms with Gasteiger partial charge in [-0.25, -0.2) is 0 Å². The number of para-hydroxylation sites is 2. The zero-order valence-corrected chi connectivity index (χ0v) is 36.6. The number of fused-ring (bicyclic) bond motifs is 1. The first-order chi connectivity index (χ1) is 26.8. The van der Waals surface area contributed by atoms with Gasteiger partial charge in [0.1, 0.15) is 17.6 Å². The van der Waals surface area contributed by atoms with Crippen LogP contribution in [0, 0.1) is 61.3 Å². The van der Waals surface area contributed by atoms with Gasteiger partial charge >= 0.3 is 0 Å². The lowest BCUT2D eigenvalue weighted by atomic mass is 9.95. The molecular weight excluding hydrogens is 719 g/mol. The minimum atomic E-state index is -0.998. The zero-order chi connectivity index (χ0) is 39.7. The van der Waals surface area contributed by atoms with E-state index in [0.717, 1.165) is 42.3 Å². The van der Waals surface area contributed by atoms with Crippen LogP contribution in [0.5, 0.6) is 11.5 Å². The quantitative estimate of drug-likeness (QED) is 0.156. The molecule has 1 aliphatic heterocycles. The van der Waals surface area contributed by atoms with Gasteiger partial charge in [0.2, 0.25) is 0 Å². The summed E-state index contributed by atoms with van der Waals surface area (Å²) in [4.78, 5) is 0. The molecule has 4 heteroatoms. The predicted octanol–water partition coefficient (Wildman–Crippen LogP) is 10.7. The van der Waals surface area contributed by atoms with Gasteiger partial charge in [-0.15, -0.1) is 0 Å². The lowest BCUT2D eigenvalue weighted by Gasteiger charge is -2.28. The Morgan fingerprint density at radius 3 is 1.41 bits per heavy atom. The van der Waals surface area contributed by atoms with Gasteiger partial charge in [0.25, 0.3) is 0 Å². The molecule has 0 spiro atoms. The van der Waals surface area contributed by atoms with Crippen molar-refractivity contribution in [2.24, 2.45) is 5.92 Å². The first-order valence-corrected chi connectivity index (χ1v) is 23.0. The Kier molecular flexibility index (Phi) is 12.2. The summed E-state index contributed by atoms with van der Waals surface area (Å²) in [5, 5.41) is 20.0. The van der Waals surface area contributed by atoms with Crippen molar-refractivity contribution >= 4 is 47.7 Å². The van der Waals surface area contributed by atoms with Crippen LogP contribution in [-0.2, 0) is 12.8 Å². The van der Waals surface area contributed by atoms with Gasteiger partial charge in [-0.05, 0) is 129 Å². The predicted molar refractivity (Wildman–Crippen MR) is 245 cm³/mol. The molecule has 288 valence electrons. The average molecular weight is 777 g/mol. The highest BCUT2D eigenvalue weighted by atomic mass is 31.1. The van der Waals surface area contributed by atoms with Crippen molar-refractivity contribution in [3.8, 4) is 11.5 Å². The van der Waals surface area contributed by atoms with Gasteiger partial charge in [0.05, 0.1) is 0 Å². The highest BCUT2D eigenvalue weighted by Crippen LogP contribution is 2.42. The summed E-state index contributed by atoms with van der Waals surface area (Å²) < 4.78 is 7.44. The molecule has 1 unspecified atom stereocenters. The van der Waals surface area contributed by atoms with Crippen molar-refractivity contribution in [1.29, 1.82) is 0 Å². The van der Waals surface area contributed by atoms with E-state index < -0.39 is 15.8 Å². The molecule has 0 radical (unpaired) electrons. The normalized spacial score (nSPS) is 15.9. The monoisotopic (exact) mass is 776 g/mol. The van der Waals surface area contributed by atoms with E-state index in [1.165, 1.54) is 76.6 Å². The maximum Gasteiger partial charge on any atom is 0.131 e. The summed E-state index contributed by atoms with van der Waals surface area (Å²) in [6.07, 6.45) is 4.76. The van der Waals surface area contributed by atoms with Crippen molar-refractivity contribution in [3.63, 3.8) is 0 Å². The van der Waals surface area contributed by atoms with Crippen LogP contribution in [0.4, 0.5) is 0 Å². The Labute approximate surface area is 338 Å². The highest BCUT2D eigenvalue weighted by molar-refractivity contribution is 7.80. The largest absolute Gasteiger partial charge is 0.507 e. The molecule has 2 atom stereocenters.